The van der Waals surface area contributed by atoms with E-state index >= 15 is 0 Å². The number of nitrogens with zero attached hydrogens (tertiary/aromatic N) is 4. The van der Waals surface area contributed by atoms with Gasteiger partial charge < -0.3 is 19.5 Å². The van der Waals surface area contributed by atoms with Crippen LogP contribution in [0.5, 0.6) is 5.75 Å². The van der Waals surface area contributed by atoms with E-state index in [1.165, 1.54) is 0 Å². The van der Waals surface area contributed by atoms with Crippen LogP contribution in [0.4, 0.5) is 5.82 Å². The van der Waals surface area contributed by atoms with Crippen molar-refractivity contribution in [1.29, 1.82) is 0 Å². The predicted molar refractivity (Wildman–Crippen MR) is 96.9 cm³/mol. The van der Waals surface area contributed by atoms with E-state index in [0.717, 1.165) is 66.2 Å². The number of likely N-dealkylation sites (N-methyl/N-ethyl adjacent to an activating group) is 1. The van der Waals surface area contributed by atoms with Crippen LogP contribution in [-0.4, -0.2) is 59.2 Å². The first-order chi connectivity index (χ1) is 11.8. The first kappa shape index (κ1) is 15.2. The van der Waals surface area contributed by atoms with Crippen LogP contribution >= 0.6 is 0 Å². The summed E-state index contributed by atoms with van der Waals surface area (Å²) >= 11 is 0. The molecule has 0 aliphatic carbocycles. The molecule has 0 unspecified atom stereocenters. The Labute approximate surface area is 141 Å². The van der Waals surface area contributed by atoms with Crippen molar-refractivity contribution in [1.82, 2.24) is 19.9 Å². The lowest BCUT2D eigenvalue weighted by Crippen LogP contribution is -2.46. The number of fused-ring (bicyclic) bond motifs is 3. The quantitative estimate of drug-likeness (QED) is 0.799. The molecule has 1 aromatic carbocycles. The molecule has 0 radical (unpaired) electrons. The van der Waals surface area contributed by atoms with Gasteiger partial charge in [-0.1, -0.05) is 6.92 Å². The van der Waals surface area contributed by atoms with E-state index < -0.39 is 0 Å². The Morgan fingerprint density at radius 3 is 2.71 bits per heavy atom. The summed E-state index contributed by atoms with van der Waals surface area (Å²) in [4.78, 5) is 17.4. The van der Waals surface area contributed by atoms with Crippen molar-refractivity contribution >= 4 is 27.8 Å². The maximum Gasteiger partial charge on any atom is 0.156 e. The summed E-state index contributed by atoms with van der Waals surface area (Å²) in [6, 6.07) is 6.11. The van der Waals surface area contributed by atoms with Gasteiger partial charge in [-0.05, 0) is 31.7 Å². The minimum atomic E-state index is 0.663. The number of hydrogen-bond donors (Lipinski definition) is 1. The topological polar surface area (TPSA) is 57.3 Å². The van der Waals surface area contributed by atoms with Gasteiger partial charge in [-0.25, -0.2) is 9.97 Å². The van der Waals surface area contributed by atoms with Gasteiger partial charge in [0.1, 0.15) is 23.1 Å². The number of nitrogens with one attached hydrogen (secondary N) is 1. The van der Waals surface area contributed by atoms with Crippen molar-refractivity contribution in [2.75, 3.05) is 44.2 Å². The van der Waals surface area contributed by atoms with Crippen LogP contribution in [0, 0.1) is 0 Å². The van der Waals surface area contributed by atoms with Crippen LogP contribution in [0.1, 0.15) is 13.8 Å². The number of piperazine rings is 1. The standard InChI is InChI=1S/C18H23N5O/c1-3-22-7-9-23(10-8-22)18-17-16(19-12-20-18)14-11-13(24-4-2)5-6-15(14)21-17/h5-6,11-12,21H,3-4,7-10H2,1-2H3. The Balaban J connectivity index is 1.76. The van der Waals surface area contributed by atoms with Crippen LogP contribution in [0.2, 0.25) is 0 Å². The van der Waals surface area contributed by atoms with Crippen molar-refractivity contribution < 1.29 is 4.74 Å². The third kappa shape index (κ3) is 2.57. The second-order valence-corrected chi connectivity index (χ2v) is 6.11. The SMILES string of the molecule is CCOc1ccc2[nH]c3c(N4CCN(CC)CC4)ncnc3c2c1. The van der Waals surface area contributed by atoms with E-state index in [9.17, 15) is 0 Å². The van der Waals surface area contributed by atoms with E-state index in [0.29, 0.717) is 6.61 Å². The van der Waals surface area contributed by atoms with Gasteiger partial charge in [-0.15, -0.1) is 0 Å². The molecule has 0 atom stereocenters. The van der Waals surface area contributed by atoms with Gasteiger partial charge in [0.15, 0.2) is 5.82 Å². The minimum Gasteiger partial charge on any atom is -0.494 e. The highest BCUT2D eigenvalue weighted by molar-refractivity contribution is 6.08. The largest absolute Gasteiger partial charge is 0.494 e. The van der Waals surface area contributed by atoms with E-state index in [4.69, 9.17) is 4.74 Å². The van der Waals surface area contributed by atoms with Crippen molar-refractivity contribution in [3.05, 3.63) is 24.5 Å². The minimum absolute atomic E-state index is 0.663. The molecule has 4 rings (SSSR count). The zero-order valence-electron chi connectivity index (χ0n) is 14.2. The summed E-state index contributed by atoms with van der Waals surface area (Å²) in [7, 11) is 0. The van der Waals surface area contributed by atoms with Gasteiger partial charge in [0.2, 0.25) is 0 Å². The number of aromatic amines is 1. The summed E-state index contributed by atoms with van der Waals surface area (Å²) in [5.74, 6) is 1.88. The highest BCUT2D eigenvalue weighted by atomic mass is 16.5. The van der Waals surface area contributed by atoms with E-state index in [2.05, 4.69) is 43.8 Å². The Morgan fingerprint density at radius 1 is 1.12 bits per heavy atom. The van der Waals surface area contributed by atoms with Gasteiger partial charge in [-0.2, -0.15) is 0 Å². The smallest absolute Gasteiger partial charge is 0.156 e. The van der Waals surface area contributed by atoms with Gasteiger partial charge in [-0.3, -0.25) is 0 Å². The molecule has 1 N–H and O–H groups in total. The number of ether oxygens (including phenoxy) is 1. The Bertz CT molecular complexity index is 851. The third-order valence-corrected chi connectivity index (χ3v) is 4.76. The summed E-state index contributed by atoms with van der Waals surface area (Å²) in [5.41, 5.74) is 3.06. The van der Waals surface area contributed by atoms with E-state index in [-0.39, 0.29) is 0 Å². The second-order valence-electron chi connectivity index (χ2n) is 6.11. The fourth-order valence-electron chi connectivity index (χ4n) is 3.43. The van der Waals surface area contributed by atoms with Crippen molar-refractivity contribution in [2.24, 2.45) is 0 Å². The molecule has 2 aromatic heterocycles. The molecule has 1 aliphatic rings. The maximum atomic E-state index is 5.63. The summed E-state index contributed by atoms with van der Waals surface area (Å²) in [5, 5.41) is 1.09. The van der Waals surface area contributed by atoms with Gasteiger partial charge in [0.25, 0.3) is 0 Å². The molecule has 1 fully saturated rings. The molecule has 0 amide bonds. The van der Waals surface area contributed by atoms with Crippen LogP contribution in [0.25, 0.3) is 21.9 Å². The molecule has 0 saturated carbocycles. The van der Waals surface area contributed by atoms with Crippen molar-refractivity contribution in [2.45, 2.75) is 13.8 Å². The van der Waals surface area contributed by atoms with Crippen LogP contribution in [0.15, 0.2) is 24.5 Å². The molecule has 3 aromatic rings. The lowest BCUT2D eigenvalue weighted by molar-refractivity contribution is 0.270. The van der Waals surface area contributed by atoms with Crippen LogP contribution in [-0.2, 0) is 0 Å². The van der Waals surface area contributed by atoms with Crippen molar-refractivity contribution in [3.63, 3.8) is 0 Å². The van der Waals surface area contributed by atoms with Crippen LogP contribution < -0.4 is 9.64 Å². The monoisotopic (exact) mass is 325 g/mol. The Morgan fingerprint density at radius 2 is 1.96 bits per heavy atom. The first-order valence-corrected chi connectivity index (χ1v) is 8.66. The third-order valence-electron chi connectivity index (χ3n) is 4.76. The number of H-pyrrole nitrogens is 1. The zero-order valence-corrected chi connectivity index (χ0v) is 14.2. The zero-order chi connectivity index (χ0) is 16.5. The fourth-order valence-corrected chi connectivity index (χ4v) is 3.43. The number of benzene rings is 1. The average Bonchev–Trinajstić information content (AvgIpc) is 3.00. The fraction of sp³-hybridized carbons (Fsp3) is 0.444. The van der Waals surface area contributed by atoms with Crippen LogP contribution in [0.3, 0.4) is 0 Å². The second kappa shape index (κ2) is 6.28. The van der Waals surface area contributed by atoms with E-state index in [1.807, 2.05) is 13.0 Å². The number of anilines is 1. The average molecular weight is 325 g/mol. The molecule has 0 spiro atoms. The number of aromatic nitrogens is 3. The number of hydrogen-bond acceptors (Lipinski definition) is 5. The predicted octanol–water partition coefficient (Wildman–Crippen LogP) is 2.65. The normalized spacial score (nSPS) is 16.2. The molecule has 3 heterocycles. The number of rotatable bonds is 4. The molecule has 6 heteroatoms. The summed E-state index contributed by atoms with van der Waals surface area (Å²) in [6.07, 6.45) is 1.67. The first-order valence-electron chi connectivity index (χ1n) is 8.66. The maximum absolute atomic E-state index is 5.63. The summed E-state index contributed by atoms with van der Waals surface area (Å²) in [6.45, 7) is 10.1. The molecular formula is C18H23N5O. The Kier molecular flexibility index (Phi) is 3.98. The molecule has 24 heavy (non-hydrogen) atoms. The van der Waals surface area contributed by atoms with Gasteiger partial charge >= 0.3 is 0 Å². The molecule has 126 valence electrons. The summed E-state index contributed by atoms with van der Waals surface area (Å²) < 4.78 is 5.63. The lowest BCUT2D eigenvalue weighted by Gasteiger charge is -2.34. The highest BCUT2D eigenvalue weighted by Crippen LogP contribution is 2.31. The molecular weight excluding hydrogens is 302 g/mol. The molecule has 1 aliphatic heterocycles. The van der Waals surface area contributed by atoms with Gasteiger partial charge in [0, 0.05) is 37.1 Å². The molecule has 6 nitrogen and oxygen atoms in total. The molecule has 1 saturated heterocycles. The van der Waals surface area contributed by atoms with Crippen molar-refractivity contribution in [3.8, 4) is 5.75 Å². The lowest BCUT2D eigenvalue weighted by atomic mass is 10.2. The Hall–Kier alpha value is -2.34. The van der Waals surface area contributed by atoms with Gasteiger partial charge in [0.05, 0.1) is 6.61 Å². The van der Waals surface area contributed by atoms with E-state index in [1.54, 1.807) is 6.33 Å². The molecule has 0 bridgehead atoms. The highest BCUT2D eigenvalue weighted by Gasteiger charge is 2.20.